The molecular weight excluding hydrogens is 392 g/mol. The largest absolute Gasteiger partial charge is 0.497 e. The molecule has 1 aliphatic carbocycles. The molecule has 2 saturated heterocycles. The van der Waals surface area contributed by atoms with Crippen molar-refractivity contribution in [3.8, 4) is 16.9 Å². The Bertz CT molecular complexity index is 1010. The highest BCUT2D eigenvalue weighted by atomic mass is 16.5. The van der Waals surface area contributed by atoms with Gasteiger partial charge in [0.15, 0.2) is 0 Å². The van der Waals surface area contributed by atoms with E-state index in [0.717, 1.165) is 35.3 Å². The zero-order valence-electron chi connectivity index (χ0n) is 18.0. The minimum absolute atomic E-state index is 0.0233. The van der Waals surface area contributed by atoms with Crippen LogP contribution in [0.4, 0.5) is 0 Å². The van der Waals surface area contributed by atoms with Gasteiger partial charge in [-0.05, 0) is 41.7 Å². The van der Waals surface area contributed by atoms with Crippen molar-refractivity contribution in [1.29, 1.82) is 0 Å². The Morgan fingerprint density at radius 3 is 2.39 bits per heavy atom. The highest BCUT2D eigenvalue weighted by Crippen LogP contribution is 2.55. The topological polar surface area (TPSA) is 70.1 Å². The van der Waals surface area contributed by atoms with Gasteiger partial charge in [-0.1, -0.05) is 36.4 Å². The molecule has 0 aromatic heterocycles. The molecule has 6 nitrogen and oxygen atoms in total. The van der Waals surface area contributed by atoms with Crippen LogP contribution in [0, 0.1) is 5.92 Å². The van der Waals surface area contributed by atoms with Crippen molar-refractivity contribution < 1.29 is 19.4 Å². The van der Waals surface area contributed by atoms with Crippen LogP contribution in [0.15, 0.2) is 48.5 Å². The first-order chi connectivity index (χ1) is 15.0. The average Bonchev–Trinajstić information content (AvgIpc) is 3.58. The fourth-order valence-corrected chi connectivity index (χ4v) is 5.41. The molecule has 3 aliphatic rings. The molecule has 5 rings (SSSR count). The highest BCUT2D eigenvalue weighted by molar-refractivity contribution is 5.85. The van der Waals surface area contributed by atoms with Crippen LogP contribution in [-0.4, -0.2) is 65.1 Å². The van der Waals surface area contributed by atoms with Gasteiger partial charge >= 0.3 is 0 Å². The molecular formula is C25H28N2O4. The summed E-state index contributed by atoms with van der Waals surface area (Å²) in [5, 5.41) is 10.2. The number of amides is 2. The molecule has 1 spiro atoms. The van der Waals surface area contributed by atoms with Gasteiger partial charge in [-0.25, -0.2) is 0 Å². The van der Waals surface area contributed by atoms with Gasteiger partial charge in [-0.2, -0.15) is 0 Å². The first kappa shape index (κ1) is 20.1. The number of nitrogens with zero attached hydrogens (tertiary/aromatic N) is 2. The lowest BCUT2D eigenvalue weighted by Crippen LogP contribution is -2.86. The van der Waals surface area contributed by atoms with Crippen LogP contribution >= 0.6 is 0 Å². The molecule has 2 aromatic carbocycles. The van der Waals surface area contributed by atoms with E-state index in [-0.39, 0.29) is 36.3 Å². The van der Waals surface area contributed by atoms with Gasteiger partial charge in [-0.15, -0.1) is 0 Å². The van der Waals surface area contributed by atoms with Gasteiger partial charge in [0.2, 0.25) is 11.8 Å². The number of aliphatic hydroxyl groups excluding tert-OH is 1. The van der Waals surface area contributed by atoms with E-state index in [1.54, 1.807) is 18.9 Å². The molecule has 2 heterocycles. The van der Waals surface area contributed by atoms with Gasteiger partial charge in [-0.3, -0.25) is 9.59 Å². The molecule has 0 bridgehead atoms. The number of aliphatic hydroxyl groups is 1. The Morgan fingerprint density at radius 2 is 1.81 bits per heavy atom. The molecule has 0 radical (unpaired) electrons. The first-order valence-electron chi connectivity index (χ1n) is 10.9. The lowest BCUT2D eigenvalue weighted by atomic mass is 9.60. The number of hydrogen-bond donors (Lipinski definition) is 1. The molecule has 3 fully saturated rings. The molecule has 2 amide bonds. The number of rotatable bonds is 5. The van der Waals surface area contributed by atoms with Crippen LogP contribution < -0.4 is 4.74 Å². The van der Waals surface area contributed by atoms with Gasteiger partial charge in [0, 0.05) is 31.8 Å². The summed E-state index contributed by atoms with van der Waals surface area (Å²) in [6.45, 7) is 2.59. The molecule has 2 atom stereocenters. The second kappa shape index (κ2) is 7.38. The number of likely N-dealkylation sites (tertiary alicyclic amines) is 2. The number of carbonyl (C=O) groups is 2. The standard InChI is InChI=1S/C25H28N2O4/c1-16(29)26-14-25(15-26)23(22(13-28)27(25)24(30)19-10-11-19)18-8-6-17(7-9-18)20-4-3-5-21(12-20)31-2/h3-9,12,19,22-23,28H,10-11,13-15H2,1-2H3/t22-,23+/m0/s1. The zero-order chi connectivity index (χ0) is 21.8. The maximum Gasteiger partial charge on any atom is 0.226 e. The van der Waals surface area contributed by atoms with Crippen LogP contribution in [-0.2, 0) is 9.59 Å². The van der Waals surface area contributed by atoms with Crippen molar-refractivity contribution in [1.82, 2.24) is 9.80 Å². The van der Waals surface area contributed by atoms with Crippen LogP contribution in [0.25, 0.3) is 11.1 Å². The molecule has 6 heteroatoms. The fourth-order valence-electron chi connectivity index (χ4n) is 5.41. The Hall–Kier alpha value is -2.86. The summed E-state index contributed by atoms with van der Waals surface area (Å²) in [4.78, 5) is 28.6. The van der Waals surface area contributed by atoms with Crippen LogP contribution in [0.2, 0.25) is 0 Å². The molecule has 162 valence electrons. The van der Waals surface area contributed by atoms with Crippen molar-refractivity contribution in [3.05, 3.63) is 54.1 Å². The lowest BCUT2D eigenvalue weighted by Gasteiger charge is -2.70. The Morgan fingerprint density at radius 1 is 1.10 bits per heavy atom. The third-order valence-corrected chi connectivity index (χ3v) is 7.17. The SMILES string of the molecule is COc1cccc(-c2ccc([C@@H]3[C@H](CO)N(C(=O)C4CC4)C34CN(C(C)=O)C4)cc2)c1. The fraction of sp³-hybridized carbons (Fsp3) is 0.440. The third-order valence-electron chi connectivity index (χ3n) is 7.17. The number of hydrogen-bond acceptors (Lipinski definition) is 4. The van der Waals surface area contributed by atoms with Gasteiger partial charge in [0.1, 0.15) is 5.75 Å². The van der Waals surface area contributed by atoms with E-state index >= 15 is 0 Å². The van der Waals surface area contributed by atoms with Crippen molar-refractivity contribution in [2.75, 3.05) is 26.8 Å². The van der Waals surface area contributed by atoms with E-state index in [0.29, 0.717) is 13.1 Å². The summed E-state index contributed by atoms with van der Waals surface area (Å²) in [7, 11) is 1.66. The number of methoxy groups -OCH3 is 1. The van der Waals surface area contributed by atoms with Crippen LogP contribution in [0.5, 0.6) is 5.75 Å². The van der Waals surface area contributed by atoms with E-state index in [1.807, 2.05) is 29.2 Å². The predicted octanol–water partition coefficient (Wildman–Crippen LogP) is 2.66. The number of ether oxygens (including phenoxy) is 1. The molecule has 2 aliphatic heterocycles. The summed E-state index contributed by atoms with van der Waals surface area (Å²) >= 11 is 0. The zero-order valence-corrected chi connectivity index (χ0v) is 18.0. The normalized spacial score (nSPS) is 23.8. The quantitative estimate of drug-likeness (QED) is 0.808. The second-order valence-corrected chi connectivity index (χ2v) is 9.04. The summed E-state index contributed by atoms with van der Waals surface area (Å²) in [6, 6.07) is 16.1. The van der Waals surface area contributed by atoms with Crippen LogP contribution in [0.3, 0.4) is 0 Å². The van der Waals surface area contributed by atoms with Gasteiger partial charge < -0.3 is 19.6 Å². The van der Waals surface area contributed by atoms with Crippen molar-refractivity contribution in [2.24, 2.45) is 5.92 Å². The Labute approximate surface area is 182 Å². The number of carbonyl (C=O) groups excluding carboxylic acids is 2. The van der Waals surface area contributed by atoms with Gasteiger partial charge in [0.25, 0.3) is 0 Å². The second-order valence-electron chi connectivity index (χ2n) is 9.04. The Balaban J connectivity index is 1.44. The molecule has 0 unspecified atom stereocenters. The highest BCUT2D eigenvalue weighted by Gasteiger charge is 2.68. The van der Waals surface area contributed by atoms with Crippen molar-refractivity contribution in [2.45, 2.75) is 37.3 Å². The Kier molecular flexibility index (Phi) is 4.77. The molecule has 31 heavy (non-hydrogen) atoms. The smallest absolute Gasteiger partial charge is 0.226 e. The van der Waals surface area contributed by atoms with E-state index in [4.69, 9.17) is 4.74 Å². The summed E-state index contributed by atoms with van der Waals surface area (Å²) < 4.78 is 5.33. The minimum Gasteiger partial charge on any atom is -0.497 e. The monoisotopic (exact) mass is 420 g/mol. The van der Waals surface area contributed by atoms with E-state index in [2.05, 4.69) is 24.3 Å². The molecule has 2 aromatic rings. The van der Waals surface area contributed by atoms with E-state index < -0.39 is 5.54 Å². The van der Waals surface area contributed by atoms with E-state index in [9.17, 15) is 14.7 Å². The first-order valence-corrected chi connectivity index (χ1v) is 10.9. The third kappa shape index (κ3) is 3.12. The van der Waals surface area contributed by atoms with Crippen molar-refractivity contribution in [3.63, 3.8) is 0 Å². The lowest BCUT2D eigenvalue weighted by molar-refractivity contribution is -0.203. The maximum absolute atomic E-state index is 13.0. The summed E-state index contributed by atoms with van der Waals surface area (Å²) in [6.07, 6.45) is 1.86. The summed E-state index contributed by atoms with van der Waals surface area (Å²) in [5.74, 6) is 1.10. The maximum atomic E-state index is 13.0. The predicted molar refractivity (Wildman–Crippen MR) is 117 cm³/mol. The molecule has 1 saturated carbocycles. The molecule has 1 N–H and O–H groups in total. The van der Waals surface area contributed by atoms with Crippen LogP contribution in [0.1, 0.15) is 31.2 Å². The minimum atomic E-state index is -0.393. The van der Waals surface area contributed by atoms with Crippen molar-refractivity contribution >= 4 is 11.8 Å². The number of benzene rings is 2. The average molecular weight is 421 g/mol. The summed E-state index contributed by atoms with van der Waals surface area (Å²) in [5.41, 5.74) is 2.87. The van der Waals surface area contributed by atoms with E-state index in [1.165, 1.54) is 0 Å². The van der Waals surface area contributed by atoms with Gasteiger partial charge in [0.05, 0.1) is 25.3 Å².